The maximum absolute atomic E-state index is 10.9. The van der Waals surface area contributed by atoms with Crippen LogP contribution in [-0.2, 0) is 10.1 Å². The third kappa shape index (κ3) is 3.61. The fourth-order valence-electron chi connectivity index (χ4n) is 1.56. The molecule has 0 aliphatic carbocycles. The zero-order valence-electron chi connectivity index (χ0n) is 9.94. The van der Waals surface area contributed by atoms with Crippen LogP contribution >= 0.6 is 0 Å². The average Bonchev–Trinajstić information content (AvgIpc) is 2.06. The number of nitrogen functional groups attached to an aromatic ring is 1. The van der Waals surface area contributed by atoms with Crippen LogP contribution in [0.1, 0.15) is 30.9 Å². The van der Waals surface area contributed by atoms with E-state index >= 15 is 0 Å². The first-order valence-electron chi connectivity index (χ1n) is 4.60. The molecule has 0 atom stereocenters. The molecule has 6 heteroatoms. The minimum Gasteiger partial charge on any atom is -0.744 e. The van der Waals surface area contributed by atoms with Crippen molar-refractivity contribution in [3.05, 3.63) is 23.3 Å². The third-order valence-corrected chi connectivity index (χ3v) is 3.30. The van der Waals surface area contributed by atoms with Gasteiger partial charge in [-0.15, -0.1) is 0 Å². The zero-order valence-corrected chi connectivity index (χ0v) is 15.7. The zero-order chi connectivity index (χ0) is 11.8. The predicted molar refractivity (Wildman–Crippen MR) is 57.6 cm³/mol. The minimum atomic E-state index is -4.47. The molecular formula is C10H14NO3RbS. The number of nitrogens with two attached hydrogens (primary N) is 1. The molecule has 1 aromatic carbocycles. The molecule has 0 spiro atoms. The summed E-state index contributed by atoms with van der Waals surface area (Å²) >= 11 is 0. The maximum Gasteiger partial charge on any atom is 1.00 e. The number of benzene rings is 1. The van der Waals surface area contributed by atoms with E-state index in [4.69, 9.17) is 5.73 Å². The number of hydrogen-bond acceptors (Lipinski definition) is 4. The van der Waals surface area contributed by atoms with Crippen LogP contribution < -0.4 is 63.9 Å². The monoisotopic (exact) mass is 313 g/mol. The first-order chi connectivity index (χ1) is 6.75. The second-order valence-electron chi connectivity index (χ2n) is 3.80. The van der Waals surface area contributed by atoms with Crippen molar-refractivity contribution in [1.29, 1.82) is 0 Å². The SMILES string of the molecule is Cc1c(C(C)C)ccc(S(=O)(=O)[O-])c1N.[Rb+]. The smallest absolute Gasteiger partial charge is 0.744 e. The van der Waals surface area contributed by atoms with Gasteiger partial charge in [0.2, 0.25) is 0 Å². The Labute approximate surface area is 145 Å². The predicted octanol–water partition coefficient (Wildman–Crippen LogP) is -1.39. The first-order valence-corrected chi connectivity index (χ1v) is 6.01. The first kappa shape index (κ1) is 16.7. The summed E-state index contributed by atoms with van der Waals surface area (Å²) in [5.74, 6) is 0.246. The van der Waals surface area contributed by atoms with Crippen molar-refractivity contribution < 1.29 is 71.2 Å². The average molecular weight is 314 g/mol. The Kier molecular flexibility index (Phi) is 6.34. The van der Waals surface area contributed by atoms with Gasteiger partial charge in [0.1, 0.15) is 10.1 Å². The Balaban J connectivity index is 0.00000225. The molecule has 0 radical (unpaired) electrons. The van der Waals surface area contributed by atoms with E-state index in [1.807, 2.05) is 13.8 Å². The molecular weight excluding hydrogens is 300 g/mol. The van der Waals surface area contributed by atoms with E-state index in [1.165, 1.54) is 6.07 Å². The number of rotatable bonds is 2. The van der Waals surface area contributed by atoms with E-state index < -0.39 is 10.1 Å². The molecule has 0 aliphatic heterocycles. The minimum absolute atomic E-state index is 0. The Morgan fingerprint density at radius 2 is 1.81 bits per heavy atom. The van der Waals surface area contributed by atoms with Gasteiger partial charge in [0, 0.05) is 0 Å². The van der Waals surface area contributed by atoms with Gasteiger partial charge in [0.05, 0.1) is 10.6 Å². The van der Waals surface area contributed by atoms with Crippen molar-refractivity contribution in [3.63, 3.8) is 0 Å². The topological polar surface area (TPSA) is 83.2 Å². The summed E-state index contributed by atoms with van der Waals surface area (Å²) < 4.78 is 32.6. The van der Waals surface area contributed by atoms with Crippen LogP contribution in [0.4, 0.5) is 5.69 Å². The van der Waals surface area contributed by atoms with Gasteiger partial charge in [-0.25, -0.2) is 8.42 Å². The second kappa shape index (κ2) is 6.06. The van der Waals surface area contributed by atoms with E-state index in [9.17, 15) is 13.0 Å². The van der Waals surface area contributed by atoms with Gasteiger partial charge in [-0.05, 0) is 30.0 Å². The summed E-state index contributed by atoms with van der Waals surface area (Å²) in [4.78, 5) is -0.329. The maximum atomic E-state index is 10.9. The fourth-order valence-corrected chi connectivity index (χ4v) is 2.22. The van der Waals surface area contributed by atoms with Gasteiger partial charge in [0.25, 0.3) is 0 Å². The van der Waals surface area contributed by atoms with Gasteiger partial charge < -0.3 is 10.3 Å². The number of anilines is 1. The summed E-state index contributed by atoms with van der Waals surface area (Å²) in [5, 5.41) is 0. The fraction of sp³-hybridized carbons (Fsp3) is 0.400. The molecule has 0 saturated carbocycles. The van der Waals surface area contributed by atoms with Crippen molar-refractivity contribution in [1.82, 2.24) is 0 Å². The molecule has 84 valence electrons. The summed E-state index contributed by atoms with van der Waals surface area (Å²) in [6.45, 7) is 5.68. The van der Waals surface area contributed by atoms with E-state index in [1.54, 1.807) is 13.0 Å². The van der Waals surface area contributed by atoms with Gasteiger partial charge >= 0.3 is 58.2 Å². The quantitative estimate of drug-likeness (QED) is 0.538. The van der Waals surface area contributed by atoms with Gasteiger partial charge in [0.15, 0.2) is 0 Å². The van der Waals surface area contributed by atoms with E-state index in [-0.39, 0.29) is 74.7 Å². The van der Waals surface area contributed by atoms with Crippen LogP contribution in [0.2, 0.25) is 0 Å². The Morgan fingerprint density at radius 1 is 1.31 bits per heavy atom. The van der Waals surface area contributed by atoms with E-state index in [0.29, 0.717) is 5.56 Å². The molecule has 1 aromatic rings. The van der Waals surface area contributed by atoms with E-state index in [0.717, 1.165) is 5.56 Å². The molecule has 0 amide bonds. The van der Waals surface area contributed by atoms with Crippen molar-refractivity contribution in [3.8, 4) is 0 Å². The van der Waals surface area contributed by atoms with E-state index in [2.05, 4.69) is 0 Å². The molecule has 1 rings (SSSR count). The molecule has 4 nitrogen and oxygen atoms in total. The number of hydrogen-bond donors (Lipinski definition) is 1. The van der Waals surface area contributed by atoms with Crippen molar-refractivity contribution in [2.75, 3.05) is 5.73 Å². The second-order valence-corrected chi connectivity index (χ2v) is 5.15. The van der Waals surface area contributed by atoms with Crippen LogP contribution in [0, 0.1) is 6.92 Å². The summed E-state index contributed by atoms with van der Waals surface area (Å²) in [6.07, 6.45) is 0. The summed E-state index contributed by atoms with van der Waals surface area (Å²) in [5.41, 5.74) is 7.32. The molecule has 16 heavy (non-hydrogen) atoms. The molecule has 0 saturated heterocycles. The molecule has 2 N–H and O–H groups in total. The van der Waals surface area contributed by atoms with Crippen LogP contribution in [0.3, 0.4) is 0 Å². The molecule has 0 aliphatic rings. The van der Waals surface area contributed by atoms with Crippen molar-refractivity contribution in [2.24, 2.45) is 0 Å². The Hall–Kier alpha value is 0.735. The normalized spacial score (nSPS) is 11.3. The van der Waals surface area contributed by atoms with Crippen molar-refractivity contribution >= 4 is 15.8 Å². The van der Waals surface area contributed by atoms with Crippen molar-refractivity contribution in [2.45, 2.75) is 31.6 Å². The molecule has 0 bridgehead atoms. The van der Waals surface area contributed by atoms with Crippen LogP contribution in [0.25, 0.3) is 0 Å². The van der Waals surface area contributed by atoms with Gasteiger partial charge in [-0.1, -0.05) is 19.9 Å². The molecule has 0 aromatic heterocycles. The largest absolute Gasteiger partial charge is 1.00 e. The van der Waals surface area contributed by atoms with Gasteiger partial charge in [-0.3, -0.25) is 0 Å². The summed E-state index contributed by atoms with van der Waals surface area (Å²) in [7, 11) is -4.47. The molecule has 0 heterocycles. The summed E-state index contributed by atoms with van der Waals surface area (Å²) in [6, 6.07) is 2.92. The van der Waals surface area contributed by atoms with Crippen LogP contribution in [-0.4, -0.2) is 13.0 Å². The Bertz CT molecular complexity index is 483. The third-order valence-electron chi connectivity index (χ3n) is 2.41. The Morgan fingerprint density at radius 3 is 2.19 bits per heavy atom. The molecule has 0 unspecified atom stereocenters. The van der Waals surface area contributed by atoms with Crippen LogP contribution in [0.5, 0.6) is 0 Å². The van der Waals surface area contributed by atoms with Gasteiger partial charge in [-0.2, -0.15) is 0 Å². The standard InChI is InChI=1S/C10H15NO3S.Rb/c1-6(2)8-4-5-9(15(12,13)14)10(11)7(8)3;/h4-6H,11H2,1-3H3,(H,12,13,14);/q;+1/p-1. The molecule has 0 fully saturated rings. The van der Waals surface area contributed by atoms with Crippen LogP contribution in [0.15, 0.2) is 17.0 Å².